The third-order valence-corrected chi connectivity index (χ3v) is 6.57. The summed E-state index contributed by atoms with van der Waals surface area (Å²) in [5.74, 6) is 1.42. The summed E-state index contributed by atoms with van der Waals surface area (Å²) in [7, 11) is 0. The van der Waals surface area contributed by atoms with E-state index in [1.165, 1.54) is 41.5 Å². The minimum atomic E-state index is -0.0470. The number of pyridine rings is 1. The fraction of sp³-hybridized carbons (Fsp3) is 0.346. The molecule has 1 aliphatic carbocycles. The van der Waals surface area contributed by atoms with E-state index in [0.717, 1.165) is 42.8 Å². The number of nitrogens with one attached hydrogen (secondary N) is 1. The van der Waals surface area contributed by atoms with Gasteiger partial charge in [-0.25, -0.2) is 9.37 Å². The van der Waals surface area contributed by atoms with Crippen LogP contribution in [0.2, 0.25) is 0 Å². The number of aromatic nitrogens is 1. The molecule has 2 aromatic carbocycles. The summed E-state index contributed by atoms with van der Waals surface area (Å²) in [6.45, 7) is 3.01. The maximum absolute atomic E-state index is 15.8. The lowest BCUT2D eigenvalue weighted by Crippen LogP contribution is -2.13. The van der Waals surface area contributed by atoms with E-state index in [4.69, 9.17) is 0 Å². The normalized spacial score (nSPS) is 15.7. The van der Waals surface area contributed by atoms with Crippen molar-refractivity contribution in [1.82, 2.24) is 4.98 Å². The zero-order chi connectivity index (χ0) is 19.8. The van der Waals surface area contributed by atoms with Crippen molar-refractivity contribution in [3.8, 4) is 11.1 Å². The first-order valence-corrected chi connectivity index (χ1v) is 10.8. The molecular formula is C26H27FN2. The Balaban J connectivity index is 1.50. The van der Waals surface area contributed by atoms with E-state index in [2.05, 4.69) is 53.6 Å². The van der Waals surface area contributed by atoms with Crippen LogP contribution in [0.4, 0.5) is 10.2 Å². The Labute approximate surface area is 172 Å². The van der Waals surface area contributed by atoms with Gasteiger partial charge in [-0.05, 0) is 73.3 Å². The summed E-state index contributed by atoms with van der Waals surface area (Å²) in [5.41, 5.74) is 7.43. The molecule has 0 unspecified atom stereocenters. The van der Waals surface area contributed by atoms with Crippen LogP contribution < -0.4 is 5.32 Å². The molecule has 5 rings (SSSR count). The number of hydrogen-bond donors (Lipinski definition) is 1. The molecule has 0 saturated heterocycles. The number of rotatable bonds is 5. The molecule has 0 atom stereocenters. The van der Waals surface area contributed by atoms with Crippen molar-refractivity contribution in [1.29, 1.82) is 0 Å². The van der Waals surface area contributed by atoms with Gasteiger partial charge in [-0.2, -0.15) is 0 Å². The molecule has 0 amide bonds. The van der Waals surface area contributed by atoms with Gasteiger partial charge in [0.2, 0.25) is 0 Å². The molecule has 1 N–H and O–H groups in total. The molecule has 0 radical (unpaired) electrons. The lowest BCUT2D eigenvalue weighted by molar-refractivity contribution is 0.414. The highest BCUT2D eigenvalue weighted by molar-refractivity contribution is 5.69. The number of halogens is 1. The SMILES string of the molecule is Cc1ccc(CCc2c(C3CCC3)ccc(-c3cnc4c(c3)CCN4)c2F)cc1. The fourth-order valence-corrected chi connectivity index (χ4v) is 4.56. The van der Waals surface area contributed by atoms with Crippen molar-refractivity contribution in [3.05, 3.63) is 82.3 Å². The Morgan fingerprint density at radius 3 is 2.66 bits per heavy atom. The van der Waals surface area contributed by atoms with Crippen molar-refractivity contribution < 1.29 is 4.39 Å². The molecule has 148 valence electrons. The van der Waals surface area contributed by atoms with Gasteiger partial charge in [-0.15, -0.1) is 0 Å². The lowest BCUT2D eigenvalue weighted by Gasteiger charge is -2.29. The summed E-state index contributed by atoms with van der Waals surface area (Å²) >= 11 is 0. The molecule has 0 bridgehead atoms. The predicted octanol–water partition coefficient (Wildman–Crippen LogP) is 6.22. The molecule has 3 heteroatoms. The highest BCUT2D eigenvalue weighted by Crippen LogP contribution is 2.41. The minimum absolute atomic E-state index is 0.0470. The Kier molecular flexibility index (Phi) is 4.83. The molecule has 1 aliphatic heterocycles. The topological polar surface area (TPSA) is 24.9 Å². The van der Waals surface area contributed by atoms with Crippen LogP contribution in [0, 0.1) is 12.7 Å². The Morgan fingerprint density at radius 1 is 1.07 bits per heavy atom. The van der Waals surface area contributed by atoms with Gasteiger partial charge in [-0.1, -0.05) is 48.4 Å². The quantitative estimate of drug-likeness (QED) is 0.563. The van der Waals surface area contributed by atoms with E-state index in [1.54, 1.807) is 0 Å². The molecule has 2 heterocycles. The van der Waals surface area contributed by atoms with E-state index in [0.29, 0.717) is 11.5 Å². The molecule has 0 spiro atoms. The van der Waals surface area contributed by atoms with Gasteiger partial charge in [-0.3, -0.25) is 0 Å². The van der Waals surface area contributed by atoms with Gasteiger partial charge < -0.3 is 5.32 Å². The highest BCUT2D eigenvalue weighted by Gasteiger charge is 2.25. The molecule has 2 aliphatic rings. The first-order chi connectivity index (χ1) is 14.2. The molecule has 1 aromatic heterocycles. The highest BCUT2D eigenvalue weighted by atomic mass is 19.1. The smallest absolute Gasteiger partial charge is 0.134 e. The van der Waals surface area contributed by atoms with Crippen LogP contribution in [0.15, 0.2) is 48.7 Å². The Bertz CT molecular complexity index is 1040. The zero-order valence-corrected chi connectivity index (χ0v) is 17.0. The van der Waals surface area contributed by atoms with E-state index in [9.17, 15) is 0 Å². The van der Waals surface area contributed by atoms with E-state index in [1.807, 2.05) is 12.3 Å². The largest absolute Gasteiger partial charge is 0.370 e. The van der Waals surface area contributed by atoms with Gasteiger partial charge in [0.05, 0.1) is 0 Å². The van der Waals surface area contributed by atoms with Crippen molar-refractivity contribution in [2.75, 3.05) is 11.9 Å². The summed E-state index contributed by atoms with van der Waals surface area (Å²) in [6.07, 6.45) is 8.00. The molecule has 1 fully saturated rings. The Hall–Kier alpha value is -2.68. The first-order valence-electron chi connectivity index (χ1n) is 10.8. The van der Waals surface area contributed by atoms with Crippen LogP contribution >= 0.6 is 0 Å². The summed E-state index contributed by atoms with van der Waals surface area (Å²) in [5, 5.41) is 3.28. The number of aryl methyl sites for hydroxylation is 2. The first kappa shape index (κ1) is 18.4. The number of fused-ring (bicyclic) bond motifs is 1. The van der Waals surface area contributed by atoms with Crippen molar-refractivity contribution in [2.24, 2.45) is 0 Å². The van der Waals surface area contributed by atoms with E-state index < -0.39 is 0 Å². The van der Waals surface area contributed by atoms with Gasteiger partial charge >= 0.3 is 0 Å². The molecular weight excluding hydrogens is 359 g/mol. The minimum Gasteiger partial charge on any atom is -0.370 e. The van der Waals surface area contributed by atoms with Crippen LogP contribution in [0.25, 0.3) is 11.1 Å². The maximum atomic E-state index is 15.8. The fourth-order valence-electron chi connectivity index (χ4n) is 4.56. The molecule has 3 aromatic rings. The lowest BCUT2D eigenvalue weighted by atomic mass is 9.76. The standard InChI is InChI=1S/C26H27FN2/c1-17-5-7-18(8-6-17)9-10-24-22(19-3-2-4-19)11-12-23(25(24)27)21-15-20-13-14-28-26(20)29-16-21/h5-8,11-12,15-16,19H,2-4,9-10,13-14H2,1H3,(H,28,29). The van der Waals surface area contributed by atoms with E-state index >= 15 is 4.39 Å². The van der Waals surface area contributed by atoms with Crippen LogP contribution in [0.5, 0.6) is 0 Å². The van der Waals surface area contributed by atoms with Crippen molar-refractivity contribution in [3.63, 3.8) is 0 Å². The van der Waals surface area contributed by atoms with Gasteiger partial charge in [0.1, 0.15) is 11.6 Å². The molecule has 29 heavy (non-hydrogen) atoms. The third-order valence-electron chi connectivity index (χ3n) is 6.57. The number of hydrogen-bond acceptors (Lipinski definition) is 2. The second kappa shape index (κ2) is 7.62. The third kappa shape index (κ3) is 3.55. The van der Waals surface area contributed by atoms with Crippen LogP contribution in [-0.2, 0) is 19.3 Å². The van der Waals surface area contributed by atoms with Crippen LogP contribution in [-0.4, -0.2) is 11.5 Å². The number of nitrogens with zero attached hydrogens (tertiary/aromatic N) is 1. The second-order valence-electron chi connectivity index (χ2n) is 8.52. The number of benzene rings is 2. The summed E-state index contributed by atoms with van der Waals surface area (Å²) in [6, 6.07) is 14.9. The average Bonchev–Trinajstić information content (AvgIpc) is 3.15. The molecule has 2 nitrogen and oxygen atoms in total. The second-order valence-corrected chi connectivity index (χ2v) is 8.52. The Morgan fingerprint density at radius 2 is 1.90 bits per heavy atom. The van der Waals surface area contributed by atoms with Crippen molar-refractivity contribution in [2.45, 2.75) is 51.4 Å². The van der Waals surface area contributed by atoms with Gasteiger partial charge in [0.25, 0.3) is 0 Å². The van der Waals surface area contributed by atoms with Gasteiger partial charge in [0, 0.05) is 23.9 Å². The van der Waals surface area contributed by atoms with Crippen LogP contribution in [0.1, 0.15) is 53.0 Å². The van der Waals surface area contributed by atoms with E-state index in [-0.39, 0.29) is 5.82 Å². The van der Waals surface area contributed by atoms with Crippen molar-refractivity contribution >= 4 is 5.82 Å². The monoisotopic (exact) mass is 386 g/mol. The maximum Gasteiger partial charge on any atom is 0.134 e. The average molecular weight is 387 g/mol. The van der Waals surface area contributed by atoms with Gasteiger partial charge in [0.15, 0.2) is 0 Å². The summed E-state index contributed by atoms with van der Waals surface area (Å²) < 4.78 is 15.8. The molecule has 1 saturated carbocycles. The zero-order valence-electron chi connectivity index (χ0n) is 17.0. The predicted molar refractivity (Wildman–Crippen MR) is 117 cm³/mol. The van der Waals surface area contributed by atoms with Crippen LogP contribution in [0.3, 0.4) is 0 Å². The number of anilines is 1. The summed E-state index contributed by atoms with van der Waals surface area (Å²) in [4.78, 5) is 4.52.